The Labute approximate surface area is 106 Å². The van der Waals surface area contributed by atoms with Crippen molar-refractivity contribution in [2.75, 3.05) is 0 Å². The van der Waals surface area contributed by atoms with Crippen LogP contribution in [0.5, 0.6) is 0 Å². The van der Waals surface area contributed by atoms with Crippen LogP contribution < -0.4 is 0 Å². The van der Waals surface area contributed by atoms with Gasteiger partial charge in [0.15, 0.2) is 0 Å². The van der Waals surface area contributed by atoms with Gasteiger partial charge in [0.1, 0.15) is 0 Å². The predicted octanol–water partition coefficient (Wildman–Crippen LogP) is 4.75. The van der Waals surface area contributed by atoms with Crippen molar-refractivity contribution in [3.8, 4) is 0 Å². The van der Waals surface area contributed by atoms with Gasteiger partial charge in [0.25, 0.3) is 0 Å². The van der Waals surface area contributed by atoms with E-state index >= 15 is 0 Å². The van der Waals surface area contributed by atoms with Crippen LogP contribution in [-0.2, 0) is 0 Å². The molecule has 82 valence electrons. The quantitative estimate of drug-likeness (QED) is 0.606. The molecule has 1 aliphatic rings. The standard InChI is InChI=1S/C10H14Cl4/c1-9(3-4-11)6-10(2,14)8(13)5-7(9)12/h3-4,7-8H,5-6H2,1-2H3/b4-3+/t7-,8-,9-,10+/m0/s1. The highest BCUT2D eigenvalue weighted by molar-refractivity contribution is 6.33. The van der Waals surface area contributed by atoms with Gasteiger partial charge in [-0.15, -0.1) is 34.8 Å². The SMILES string of the molecule is C[C@]1(/C=C/Cl)C[C@@](C)(Cl)[C@@H](Cl)C[C@@H]1Cl. The van der Waals surface area contributed by atoms with Crippen LogP contribution in [0.3, 0.4) is 0 Å². The zero-order chi connectivity index (χ0) is 11.0. The summed E-state index contributed by atoms with van der Waals surface area (Å²) in [5.74, 6) is 0. The average Bonchev–Trinajstić information content (AvgIpc) is 2.01. The molecular weight excluding hydrogens is 262 g/mol. The molecule has 1 fully saturated rings. The van der Waals surface area contributed by atoms with Gasteiger partial charge in [-0.1, -0.05) is 24.6 Å². The van der Waals surface area contributed by atoms with Gasteiger partial charge in [-0.05, 0) is 19.8 Å². The van der Waals surface area contributed by atoms with Crippen LogP contribution >= 0.6 is 46.4 Å². The van der Waals surface area contributed by atoms with Crippen LogP contribution in [0, 0.1) is 5.41 Å². The normalized spacial score (nSPS) is 49.9. The number of halogens is 4. The third-order valence-corrected chi connectivity index (χ3v) is 4.92. The molecule has 0 amide bonds. The highest BCUT2D eigenvalue weighted by Gasteiger charge is 2.47. The molecule has 4 heteroatoms. The number of alkyl halides is 3. The van der Waals surface area contributed by atoms with Crippen LogP contribution in [0.1, 0.15) is 26.7 Å². The molecular formula is C10H14Cl4. The lowest BCUT2D eigenvalue weighted by atomic mass is 9.70. The minimum absolute atomic E-state index is 0.00757. The van der Waals surface area contributed by atoms with E-state index < -0.39 is 4.87 Å². The lowest BCUT2D eigenvalue weighted by Crippen LogP contribution is -2.47. The third-order valence-electron chi connectivity index (χ3n) is 2.95. The van der Waals surface area contributed by atoms with E-state index in [4.69, 9.17) is 46.4 Å². The maximum atomic E-state index is 6.34. The number of hydrogen-bond acceptors (Lipinski definition) is 0. The Balaban J connectivity index is 2.89. The molecule has 0 unspecified atom stereocenters. The van der Waals surface area contributed by atoms with E-state index in [9.17, 15) is 0 Å². The van der Waals surface area contributed by atoms with Gasteiger partial charge < -0.3 is 0 Å². The van der Waals surface area contributed by atoms with Gasteiger partial charge in [0, 0.05) is 16.3 Å². The molecule has 0 aromatic carbocycles. The summed E-state index contributed by atoms with van der Waals surface area (Å²) in [6.45, 7) is 4.02. The average molecular weight is 276 g/mol. The lowest BCUT2D eigenvalue weighted by molar-refractivity contribution is 0.253. The summed E-state index contributed by atoms with van der Waals surface area (Å²) >= 11 is 24.4. The van der Waals surface area contributed by atoms with Gasteiger partial charge in [0.05, 0.1) is 10.3 Å². The fourth-order valence-electron chi connectivity index (χ4n) is 1.97. The number of rotatable bonds is 1. The van der Waals surface area contributed by atoms with Gasteiger partial charge in [-0.3, -0.25) is 0 Å². The summed E-state index contributed by atoms with van der Waals surface area (Å²) in [5.41, 5.74) is 1.35. The first-order valence-corrected chi connectivity index (χ1v) is 6.25. The zero-order valence-electron chi connectivity index (χ0n) is 8.24. The topological polar surface area (TPSA) is 0 Å². The molecule has 1 saturated carbocycles. The second kappa shape index (κ2) is 4.41. The summed E-state index contributed by atoms with van der Waals surface area (Å²) in [6.07, 6.45) is 3.36. The maximum absolute atomic E-state index is 6.34. The highest BCUT2D eigenvalue weighted by atomic mass is 35.5. The fraction of sp³-hybridized carbons (Fsp3) is 0.800. The Hall–Kier alpha value is 0.900. The van der Waals surface area contributed by atoms with Crippen LogP contribution in [0.2, 0.25) is 0 Å². The molecule has 0 heterocycles. The Kier molecular flexibility index (Phi) is 4.09. The number of allylic oxidation sites excluding steroid dienone is 1. The van der Waals surface area contributed by atoms with Crippen LogP contribution in [0.25, 0.3) is 0 Å². The largest absolute Gasteiger partial charge is 0.122 e. The molecule has 0 saturated heterocycles. The lowest BCUT2D eigenvalue weighted by Gasteiger charge is -2.45. The summed E-state index contributed by atoms with van der Waals surface area (Å²) in [4.78, 5) is -0.405. The molecule has 0 aromatic heterocycles. The molecule has 0 nitrogen and oxygen atoms in total. The van der Waals surface area contributed by atoms with Gasteiger partial charge in [-0.25, -0.2) is 0 Å². The molecule has 0 radical (unpaired) electrons. The smallest absolute Gasteiger partial charge is 0.0591 e. The Morgan fingerprint density at radius 1 is 1.21 bits per heavy atom. The van der Waals surface area contributed by atoms with E-state index in [0.717, 1.165) is 6.42 Å². The van der Waals surface area contributed by atoms with Crippen molar-refractivity contribution in [2.24, 2.45) is 5.41 Å². The minimum atomic E-state index is -0.405. The van der Waals surface area contributed by atoms with E-state index in [-0.39, 0.29) is 16.2 Å². The fourth-order valence-corrected chi connectivity index (χ4v) is 3.31. The summed E-state index contributed by atoms with van der Waals surface area (Å²) < 4.78 is 0. The monoisotopic (exact) mass is 274 g/mol. The molecule has 14 heavy (non-hydrogen) atoms. The van der Waals surface area contributed by atoms with Crippen molar-refractivity contribution in [1.29, 1.82) is 0 Å². The van der Waals surface area contributed by atoms with Crippen LogP contribution in [0.4, 0.5) is 0 Å². The third kappa shape index (κ3) is 2.52. The molecule has 0 bridgehead atoms. The first-order chi connectivity index (χ1) is 6.32. The summed E-state index contributed by atoms with van der Waals surface area (Å²) in [6, 6.07) is 0. The van der Waals surface area contributed by atoms with Crippen molar-refractivity contribution in [1.82, 2.24) is 0 Å². The molecule has 0 aliphatic heterocycles. The van der Waals surface area contributed by atoms with Gasteiger partial charge in [0.2, 0.25) is 0 Å². The van der Waals surface area contributed by atoms with E-state index in [0.29, 0.717) is 6.42 Å². The van der Waals surface area contributed by atoms with E-state index in [2.05, 4.69) is 6.92 Å². The second-order valence-corrected chi connectivity index (χ2v) is 6.59. The molecule has 1 rings (SSSR count). The second-order valence-electron chi connectivity index (χ2n) is 4.42. The Morgan fingerprint density at radius 2 is 1.79 bits per heavy atom. The molecule has 0 aromatic rings. The molecule has 0 N–H and O–H groups in total. The van der Waals surface area contributed by atoms with Crippen molar-refractivity contribution >= 4 is 46.4 Å². The maximum Gasteiger partial charge on any atom is 0.0591 e. The summed E-state index contributed by atoms with van der Waals surface area (Å²) in [7, 11) is 0. The van der Waals surface area contributed by atoms with E-state index in [1.165, 1.54) is 5.54 Å². The molecule has 4 atom stereocenters. The molecule has 1 aliphatic carbocycles. The van der Waals surface area contributed by atoms with E-state index in [1.807, 2.05) is 13.0 Å². The van der Waals surface area contributed by atoms with Crippen molar-refractivity contribution in [3.63, 3.8) is 0 Å². The Morgan fingerprint density at radius 3 is 2.29 bits per heavy atom. The predicted molar refractivity (Wildman–Crippen MR) is 65.9 cm³/mol. The van der Waals surface area contributed by atoms with Crippen molar-refractivity contribution < 1.29 is 0 Å². The highest BCUT2D eigenvalue weighted by Crippen LogP contribution is 2.49. The van der Waals surface area contributed by atoms with E-state index in [1.54, 1.807) is 0 Å². The van der Waals surface area contributed by atoms with Gasteiger partial charge >= 0.3 is 0 Å². The summed E-state index contributed by atoms with van der Waals surface area (Å²) in [5, 5.41) is -0.0877. The molecule has 0 spiro atoms. The van der Waals surface area contributed by atoms with Crippen LogP contribution in [-0.4, -0.2) is 15.6 Å². The Bertz CT molecular complexity index is 236. The first kappa shape index (κ1) is 13.0. The first-order valence-electron chi connectivity index (χ1n) is 4.57. The number of hydrogen-bond donors (Lipinski definition) is 0. The van der Waals surface area contributed by atoms with Crippen molar-refractivity contribution in [2.45, 2.75) is 42.3 Å². The van der Waals surface area contributed by atoms with Crippen molar-refractivity contribution in [3.05, 3.63) is 11.6 Å². The van der Waals surface area contributed by atoms with Crippen LogP contribution in [0.15, 0.2) is 11.6 Å². The zero-order valence-corrected chi connectivity index (χ0v) is 11.3. The minimum Gasteiger partial charge on any atom is -0.122 e. The van der Waals surface area contributed by atoms with Gasteiger partial charge in [-0.2, -0.15) is 0 Å².